The van der Waals surface area contributed by atoms with Crippen LogP contribution in [0.2, 0.25) is 0 Å². The Hall–Kier alpha value is -0.290. The van der Waals surface area contributed by atoms with E-state index in [1.54, 1.807) is 4.90 Å². The van der Waals surface area contributed by atoms with E-state index in [1.807, 2.05) is 6.92 Å². The van der Waals surface area contributed by atoms with Crippen LogP contribution in [0.25, 0.3) is 0 Å². The second-order valence-electron chi connectivity index (χ2n) is 5.77. The molecule has 2 aliphatic rings. The SMILES string of the molecule is CCC1CN(CC(F)(F)F)C2(CCCCC2)CN1. The van der Waals surface area contributed by atoms with Gasteiger partial charge in [0.05, 0.1) is 6.54 Å². The highest BCUT2D eigenvalue weighted by molar-refractivity contribution is 5.00. The molecular weight excluding hydrogens is 241 g/mol. The Balaban J connectivity index is 2.10. The van der Waals surface area contributed by atoms with Gasteiger partial charge in [-0.25, -0.2) is 0 Å². The summed E-state index contributed by atoms with van der Waals surface area (Å²) in [6, 6.07) is 0.208. The number of alkyl halides is 3. The molecule has 1 heterocycles. The van der Waals surface area contributed by atoms with Crippen molar-refractivity contribution in [3.8, 4) is 0 Å². The number of hydrogen-bond donors (Lipinski definition) is 1. The molecule has 0 aromatic heterocycles. The summed E-state index contributed by atoms with van der Waals surface area (Å²) in [5.74, 6) is 0. The Morgan fingerprint density at radius 2 is 1.89 bits per heavy atom. The standard InChI is InChI=1S/C13H23F3N2/c1-2-11-8-18(10-13(14,15)16)12(9-17-11)6-4-3-5-7-12/h11,17H,2-10H2,1H3. The second-order valence-corrected chi connectivity index (χ2v) is 5.77. The highest BCUT2D eigenvalue weighted by atomic mass is 19.4. The van der Waals surface area contributed by atoms with Gasteiger partial charge in [-0.2, -0.15) is 13.2 Å². The summed E-state index contributed by atoms with van der Waals surface area (Å²) in [6.45, 7) is 2.55. The van der Waals surface area contributed by atoms with Gasteiger partial charge in [0, 0.05) is 24.7 Å². The maximum Gasteiger partial charge on any atom is 0.401 e. The first-order valence-electron chi connectivity index (χ1n) is 7.00. The van der Waals surface area contributed by atoms with Gasteiger partial charge in [0.25, 0.3) is 0 Å². The monoisotopic (exact) mass is 264 g/mol. The lowest BCUT2D eigenvalue weighted by Gasteiger charge is -2.52. The number of piperazine rings is 1. The molecule has 1 saturated carbocycles. The average molecular weight is 264 g/mol. The third-order valence-electron chi connectivity index (χ3n) is 4.48. The highest BCUT2D eigenvalue weighted by Crippen LogP contribution is 2.37. The lowest BCUT2D eigenvalue weighted by Crippen LogP contribution is -2.66. The van der Waals surface area contributed by atoms with E-state index in [-0.39, 0.29) is 11.6 Å². The smallest absolute Gasteiger partial charge is 0.311 e. The molecule has 106 valence electrons. The molecule has 1 saturated heterocycles. The van der Waals surface area contributed by atoms with Crippen LogP contribution in [0.4, 0.5) is 13.2 Å². The van der Waals surface area contributed by atoms with Crippen molar-refractivity contribution >= 4 is 0 Å². The molecule has 0 aromatic carbocycles. The molecule has 1 N–H and O–H groups in total. The van der Waals surface area contributed by atoms with Crippen molar-refractivity contribution < 1.29 is 13.2 Å². The summed E-state index contributed by atoms with van der Waals surface area (Å²) < 4.78 is 38.2. The average Bonchev–Trinajstić information content (AvgIpc) is 2.32. The van der Waals surface area contributed by atoms with Crippen LogP contribution < -0.4 is 5.32 Å². The number of nitrogens with one attached hydrogen (secondary N) is 1. The predicted octanol–water partition coefficient (Wildman–Crippen LogP) is 2.94. The minimum Gasteiger partial charge on any atom is -0.311 e. The van der Waals surface area contributed by atoms with Crippen molar-refractivity contribution in [2.75, 3.05) is 19.6 Å². The Morgan fingerprint density at radius 1 is 1.22 bits per heavy atom. The normalized spacial score (nSPS) is 29.7. The minimum atomic E-state index is -4.08. The summed E-state index contributed by atoms with van der Waals surface area (Å²) in [6.07, 6.45) is 1.92. The van der Waals surface area contributed by atoms with E-state index < -0.39 is 12.7 Å². The van der Waals surface area contributed by atoms with Crippen molar-refractivity contribution in [1.29, 1.82) is 0 Å². The van der Waals surface area contributed by atoms with Crippen LogP contribution in [0.5, 0.6) is 0 Å². The molecule has 0 amide bonds. The first kappa shape index (κ1) is 14.1. The molecule has 2 rings (SSSR count). The van der Waals surface area contributed by atoms with Gasteiger partial charge in [0.15, 0.2) is 0 Å². The zero-order valence-electron chi connectivity index (χ0n) is 11.0. The Morgan fingerprint density at radius 3 is 2.44 bits per heavy atom. The molecule has 2 nitrogen and oxygen atoms in total. The fourth-order valence-corrected chi connectivity index (χ4v) is 3.40. The summed E-state index contributed by atoms with van der Waals surface area (Å²) in [5.41, 5.74) is -0.237. The minimum absolute atomic E-state index is 0.208. The maximum absolute atomic E-state index is 12.7. The molecule has 2 fully saturated rings. The van der Waals surface area contributed by atoms with E-state index >= 15 is 0 Å². The van der Waals surface area contributed by atoms with Gasteiger partial charge in [-0.05, 0) is 19.3 Å². The number of nitrogens with zero attached hydrogens (tertiary/aromatic N) is 1. The van der Waals surface area contributed by atoms with Crippen LogP contribution in [-0.4, -0.2) is 42.3 Å². The topological polar surface area (TPSA) is 15.3 Å². The van der Waals surface area contributed by atoms with Crippen molar-refractivity contribution in [3.05, 3.63) is 0 Å². The fraction of sp³-hybridized carbons (Fsp3) is 1.00. The molecule has 0 bridgehead atoms. The molecule has 0 aromatic rings. The summed E-state index contributed by atoms with van der Waals surface area (Å²) >= 11 is 0. The van der Waals surface area contributed by atoms with Gasteiger partial charge >= 0.3 is 6.18 Å². The van der Waals surface area contributed by atoms with Gasteiger partial charge < -0.3 is 5.32 Å². The van der Waals surface area contributed by atoms with Crippen molar-refractivity contribution in [3.63, 3.8) is 0 Å². The highest BCUT2D eigenvalue weighted by Gasteiger charge is 2.45. The van der Waals surface area contributed by atoms with Crippen LogP contribution in [0.15, 0.2) is 0 Å². The van der Waals surface area contributed by atoms with E-state index in [9.17, 15) is 13.2 Å². The van der Waals surface area contributed by atoms with E-state index in [2.05, 4.69) is 5.32 Å². The van der Waals surface area contributed by atoms with E-state index in [1.165, 1.54) is 6.42 Å². The molecular formula is C13H23F3N2. The van der Waals surface area contributed by atoms with Gasteiger partial charge in [0.1, 0.15) is 0 Å². The van der Waals surface area contributed by atoms with E-state index in [0.717, 1.165) is 38.6 Å². The van der Waals surface area contributed by atoms with Gasteiger partial charge in [-0.15, -0.1) is 0 Å². The van der Waals surface area contributed by atoms with E-state index in [4.69, 9.17) is 0 Å². The third-order valence-corrected chi connectivity index (χ3v) is 4.48. The Kier molecular flexibility index (Phi) is 4.22. The number of halogens is 3. The van der Waals surface area contributed by atoms with Crippen LogP contribution in [0.3, 0.4) is 0 Å². The van der Waals surface area contributed by atoms with Crippen LogP contribution >= 0.6 is 0 Å². The van der Waals surface area contributed by atoms with Crippen LogP contribution in [0.1, 0.15) is 45.4 Å². The zero-order valence-corrected chi connectivity index (χ0v) is 11.0. The molecule has 5 heteroatoms. The number of hydrogen-bond acceptors (Lipinski definition) is 2. The summed E-state index contributed by atoms with van der Waals surface area (Å²) in [4.78, 5) is 1.72. The molecule has 18 heavy (non-hydrogen) atoms. The molecule has 1 spiro atoms. The molecule has 0 radical (unpaired) electrons. The lowest BCUT2D eigenvalue weighted by molar-refractivity contribution is -0.168. The summed E-state index contributed by atoms with van der Waals surface area (Å²) in [7, 11) is 0. The predicted molar refractivity (Wildman–Crippen MR) is 65.5 cm³/mol. The first-order chi connectivity index (χ1) is 8.45. The fourth-order valence-electron chi connectivity index (χ4n) is 3.40. The van der Waals surface area contributed by atoms with Gasteiger partial charge in [-0.3, -0.25) is 4.90 Å². The molecule has 1 aliphatic carbocycles. The third kappa shape index (κ3) is 3.18. The van der Waals surface area contributed by atoms with Gasteiger partial charge in [0.2, 0.25) is 0 Å². The van der Waals surface area contributed by atoms with Crippen LogP contribution in [-0.2, 0) is 0 Å². The molecule has 1 unspecified atom stereocenters. The molecule has 1 aliphatic heterocycles. The van der Waals surface area contributed by atoms with E-state index in [0.29, 0.717) is 6.54 Å². The second kappa shape index (κ2) is 5.37. The Labute approximate surface area is 107 Å². The number of rotatable bonds is 2. The van der Waals surface area contributed by atoms with Crippen LogP contribution in [0, 0.1) is 0 Å². The lowest BCUT2D eigenvalue weighted by atomic mass is 9.78. The zero-order chi connectivity index (χ0) is 13.2. The van der Waals surface area contributed by atoms with Crippen molar-refractivity contribution in [1.82, 2.24) is 10.2 Å². The van der Waals surface area contributed by atoms with Crippen molar-refractivity contribution in [2.45, 2.75) is 63.2 Å². The Bertz CT molecular complexity index is 272. The van der Waals surface area contributed by atoms with Gasteiger partial charge in [-0.1, -0.05) is 26.2 Å². The van der Waals surface area contributed by atoms with Crippen molar-refractivity contribution in [2.24, 2.45) is 0 Å². The maximum atomic E-state index is 12.7. The largest absolute Gasteiger partial charge is 0.401 e. The molecule has 1 atom stereocenters. The summed E-state index contributed by atoms with van der Waals surface area (Å²) in [5, 5.41) is 3.44. The first-order valence-corrected chi connectivity index (χ1v) is 7.00. The quantitative estimate of drug-likeness (QED) is 0.825.